The number of ether oxygens (including phenoxy) is 2. The highest BCUT2D eigenvalue weighted by molar-refractivity contribution is 8.05. The Morgan fingerprint density at radius 2 is 1.87 bits per heavy atom. The summed E-state index contributed by atoms with van der Waals surface area (Å²) >= 11 is 3.65. The summed E-state index contributed by atoms with van der Waals surface area (Å²) in [6.07, 6.45) is 2.18. The predicted molar refractivity (Wildman–Crippen MR) is 154 cm³/mol. The van der Waals surface area contributed by atoms with E-state index in [1.165, 1.54) is 25.1 Å². The average Bonchev–Trinajstić information content (AvgIpc) is 2.91. The molecule has 0 bridgehead atoms. The maximum absolute atomic E-state index is 12.4. The van der Waals surface area contributed by atoms with Gasteiger partial charge in [-0.2, -0.15) is 0 Å². The van der Waals surface area contributed by atoms with Crippen LogP contribution in [0.1, 0.15) is 25.5 Å². The van der Waals surface area contributed by atoms with Gasteiger partial charge in [0.2, 0.25) is 0 Å². The molecule has 3 atom stereocenters. The lowest BCUT2D eigenvalue weighted by atomic mass is 10.1. The highest BCUT2D eigenvalue weighted by atomic mass is 32.2. The van der Waals surface area contributed by atoms with Gasteiger partial charge in [-0.05, 0) is 55.8 Å². The molecule has 0 saturated carbocycles. The first-order chi connectivity index (χ1) is 18.5. The number of nitrogens with zero attached hydrogens (tertiary/aromatic N) is 2. The molecule has 200 valence electrons. The normalized spacial score (nSPS) is 23.5. The minimum atomic E-state index is -0.0838. The molecule has 2 fully saturated rings. The number of rotatable bonds is 6. The molecule has 3 aromatic rings. The molecular weight excluding hydrogens is 516 g/mol. The van der Waals surface area contributed by atoms with Gasteiger partial charge in [0, 0.05) is 70.7 Å². The van der Waals surface area contributed by atoms with Gasteiger partial charge in [-0.1, -0.05) is 35.7 Å². The highest BCUT2D eigenvalue weighted by Gasteiger charge is 2.29. The smallest absolute Gasteiger partial charge is 0.271 e. The highest BCUT2D eigenvalue weighted by Crippen LogP contribution is 2.51. The number of hydrogen-bond donors (Lipinski definition) is 2. The lowest BCUT2D eigenvalue weighted by molar-refractivity contribution is -0.0667. The van der Waals surface area contributed by atoms with Crippen LogP contribution < -0.4 is 15.8 Å². The largest absolute Gasteiger partial charge is 0.384 e. The summed E-state index contributed by atoms with van der Waals surface area (Å²) in [6, 6.07) is 16.9. The first-order valence-corrected chi connectivity index (χ1v) is 15.0. The Bertz CT molecular complexity index is 1340. The first-order valence-electron chi connectivity index (χ1n) is 13.3. The predicted octanol–water partition coefficient (Wildman–Crippen LogP) is 5.09. The number of H-pyrrole nitrogens is 1. The van der Waals surface area contributed by atoms with Crippen LogP contribution in [0.15, 0.2) is 79.1 Å². The number of morpholine rings is 2. The molecule has 9 heteroatoms. The van der Waals surface area contributed by atoms with E-state index in [1.807, 2.05) is 35.7 Å². The van der Waals surface area contributed by atoms with E-state index in [1.54, 1.807) is 6.20 Å². The molecule has 1 unspecified atom stereocenters. The molecule has 2 saturated heterocycles. The van der Waals surface area contributed by atoms with Crippen LogP contribution >= 0.6 is 23.5 Å². The van der Waals surface area contributed by atoms with Gasteiger partial charge in [0.05, 0.1) is 18.8 Å². The monoisotopic (exact) mass is 550 g/mol. The minimum absolute atomic E-state index is 0.0550. The number of pyridine rings is 1. The zero-order chi connectivity index (χ0) is 26.1. The number of hydrogen-bond acceptors (Lipinski definition) is 8. The molecule has 1 aromatic heterocycles. The lowest BCUT2D eigenvalue weighted by Crippen LogP contribution is -2.46. The van der Waals surface area contributed by atoms with Gasteiger partial charge in [0.25, 0.3) is 5.56 Å². The van der Waals surface area contributed by atoms with Crippen molar-refractivity contribution in [1.82, 2.24) is 9.88 Å². The quantitative estimate of drug-likeness (QED) is 0.344. The van der Waals surface area contributed by atoms with Crippen molar-refractivity contribution in [3.8, 4) is 0 Å². The van der Waals surface area contributed by atoms with Gasteiger partial charge in [-0.25, -0.2) is 0 Å². The molecule has 6 rings (SSSR count). The summed E-state index contributed by atoms with van der Waals surface area (Å²) in [6.45, 7) is 10.2. The Kier molecular flexibility index (Phi) is 7.72. The third-order valence-electron chi connectivity index (χ3n) is 7.19. The van der Waals surface area contributed by atoms with Gasteiger partial charge in [0.15, 0.2) is 0 Å². The fourth-order valence-corrected chi connectivity index (χ4v) is 7.98. The Morgan fingerprint density at radius 3 is 2.71 bits per heavy atom. The maximum Gasteiger partial charge on any atom is 0.271 e. The van der Waals surface area contributed by atoms with Crippen molar-refractivity contribution in [1.29, 1.82) is 0 Å². The van der Waals surface area contributed by atoms with Crippen LogP contribution in [0.4, 0.5) is 11.4 Å². The van der Waals surface area contributed by atoms with Crippen molar-refractivity contribution >= 4 is 34.9 Å². The Hall–Kier alpha value is -2.43. The van der Waals surface area contributed by atoms with Gasteiger partial charge in [-0.15, -0.1) is 0 Å². The van der Waals surface area contributed by atoms with E-state index < -0.39 is 0 Å². The molecule has 2 N–H and O–H groups in total. The number of benzene rings is 2. The fraction of sp³-hybridized carbons (Fsp3) is 0.414. The molecule has 7 nitrogen and oxygen atoms in total. The van der Waals surface area contributed by atoms with Gasteiger partial charge in [-0.3, -0.25) is 9.69 Å². The summed E-state index contributed by atoms with van der Waals surface area (Å²) < 4.78 is 12.1. The summed E-state index contributed by atoms with van der Waals surface area (Å²) in [4.78, 5) is 24.8. The fourth-order valence-electron chi connectivity index (χ4n) is 5.53. The Labute approximate surface area is 232 Å². The van der Waals surface area contributed by atoms with E-state index in [-0.39, 0.29) is 11.7 Å². The molecule has 38 heavy (non-hydrogen) atoms. The Morgan fingerprint density at radius 1 is 1.00 bits per heavy atom. The summed E-state index contributed by atoms with van der Waals surface area (Å²) in [5, 5.41) is 3.63. The summed E-state index contributed by atoms with van der Waals surface area (Å²) in [7, 11) is 0. The van der Waals surface area contributed by atoms with E-state index in [9.17, 15) is 4.79 Å². The van der Waals surface area contributed by atoms with E-state index >= 15 is 0 Å². The summed E-state index contributed by atoms with van der Waals surface area (Å²) in [5.41, 5.74) is 3.00. The van der Waals surface area contributed by atoms with E-state index in [2.05, 4.69) is 70.3 Å². The van der Waals surface area contributed by atoms with Crippen molar-refractivity contribution in [3.63, 3.8) is 0 Å². The van der Waals surface area contributed by atoms with Crippen LogP contribution in [0.2, 0.25) is 0 Å². The second-order valence-electron chi connectivity index (χ2n) is 10.2. The zero-order valence-corrected chi connectivity index (χ0v) is 23.4. The van der Waals surface area contributed by atoms with Crippen molar-refractivity contribution in [2.45, 2.75) is 51.7 Å². The van der Waals surface area contributed by atoms with E-state index in [0.29, 0.717) is 37.6 Å². The zero-order valence-electron chi connectivity index (χ0n) is 21.8. The van der Waals surface area contributed by atoms with Crippen LogP contribution in [-0.4, -0.2) is 68.0 Å². The molecular formula is C29H34N4O3S2. The molecule has 2 aromatic carbocycles. The molecule has 3 aliphatic heterocycles. The van der Waals surface area contributed by atoms with Gasteiger partial charge < -0.3 is 24.7 Å². The Balaban J connectivity index is 1.13. The van der Waals surface area contributed by atoms with Crippen LogP contribution in [0.3, 0.4) is 0 Å². The third-order valence-corrected chi connectivity index (χ3v) is 9.80. The molecule has 4 heterocycles. The van der Waals surface area contributed by atoms with Crippen LogP contribution in [0.5, 0.6) is 0 Å². The van der Waals surface area contributed by atoms with E-state index in [0.717, 1.165) is 31.9 Å². The second-order valence-corrected chi connectivity index (χ2v) is 12.3. The van der Waals surface area contributed by atoms with Crippen molar-refractivity contribution < 1.29 is 9.47 Å². The number of nitrogens with one attached hydrogen (secondary N) is 2. The molecule has 0 amide bonds. The maximum atomic E-state index is 12.4. The van der Waals surface area contributed by atoms with Crippen molar-refractivity contribution in [2.75, 3.05) is 56.1 Å². The molecule has 3 aliphatic rings. The first kappa shape index (κ1) is 25.8. The van der Waals surface area contributed by atoms with Crippen molar-refractivity contribution in [3.05, 3.63) is 70.6 Å². The number of aromatic amines is 1. The summed E-state index contributed by atoms with van der Waals surface area (Å²) in [5.74, 6) is 0. The third kappa shape index (κ3) is 5.62. The van der Waals surface area contributed by atoms with Crippen LogP contribution in [0.25, 0.3) is 0 Å². The average molecular weight is 551 g/mol. The number of fused-ring (bicyclic) bond motifs is 2. The minimum Gasteiger partial charge on any atom is -0.384 e. The van der Waals surface area contributed by atoms with Gasteiger partial charge in [0.1, 0.15) is 11.8 Å². The van der Waals surface area contributed by atoms with E-state index in [4.69, 9.17) is 9.47 Å². The molecule has 0 radical (unpaired) electrons. The molecule has 0 spiro atoms. The standard InChI is InChI=1S/C29H34N4O3S2/c1-19-16-32(17-20(2)36-19)12-11-30-21-8-9-25-27(15-21)37-26-7-3-5-22(28(26)38-25)24-18-33(13-14-35-24)23-6-4-10-31-29(23)34/h3-10,15,19-20,24,30H,11-14,16-18H2,1-2H3,(H,31,34)/t19-,20+,24?. The van der Waals surface area contributed by atoms with Crippen LogP contribution in [-0.2, 0) is 9.47 Å². The lowest BCUT2D eigenvalue weighted by Gasteiger charge is -2.35. The SMILES string of the molecule is C[C@@H]1CN(CCNc2ccc3c(c2)Sc2cccc(C4CN(c5ccc[nH]c5=O)CCO4)c2S3)C[C@H](C)O1. The molecule has 0 aliphatic carbocycles. The van der Waals surface area contributed by atoms with Gasteiger partial charge >= 0.3 is 0 Å². The number of anilines is 2. The van der Waals surface area contributed by atoms with Crippen molar-refractivity contribution in [2.24, 2.45) is 0 Å². The second kappa shape index (κ2) is 11.4. The number of aromatic nitrogens is 1. The topological polar surface area (TPSA) is 69.8 Å². The van der Waals surface area contributed by atoms with Crippen LogP contribution in [0, 0.1) is 0 Å².